The van der Waals surface area contributed by atoms with Crippen LogP contribution in [0.2, 0.25) is 0 Å². The second-order valence-electron chi connectivity index (χ2n) is 4.31. The van der Waals surface area contributed by atoms with Gasteiger partial charge in [-0.25, -0.2) is 4.98 Å². The lowest BCUT2D eigenvalue weighted by atomic mass is 10.1. The summed E-state index contributed by atoms with van der Waals surface area (Å²) in [7, 11) is 0. The fourth-order valence-electron chi connectivity index (χ4n) is 1.75. The topological polar surface area (TPSA) is 98.1 Å². The van der Waals surface area contributed by atoms with E-state index in [1.807, 2.05) is 0 Å². The van der Waals surface area contributed by atoms with Crippen LogP contribution in [0.4, 0.5) is 11.5 Å². The molecule has 18 heavy (non-hydrogen) atoms. The van der Waals surface area contributed by atoms with Gasteiger partial charge in [0.25, 0.3) is 0 Å². The van der Waals surface area contributed by atoms with Gasteiger partial charge in [-0.3, -0.25) is 4.79 Å². The van der Waals surface area contributed by atoms with Crippen molar-refractivity contribution in [3.05, 3.63) is 17.3 Å². The zero-order valence-corrected chi connectivity index (χ0v) is 9.94. The third-order valence-corrected chi connectivity index (χ3v) is 2.90. The fourth-order valence-corrected chi connectivity index (χ4v) is 1.75. The minimum Gasteiger partial charge on any atom is -0.390 e. The van der Waals surface area contributed by atoms with Crippen molar-refractivity contribution < 1.29 is 9.90 Å². The summed E-state index contributed by atoms with van der Waals surface area (Å²) in [4.78, 5) is 14.5. The van der Waals surface area contributed by atoms with Gasteiger partial charge in [-0.1, -0.05) is 0 Å². The van der Waals surface area contributed by atoms with Crippen molar-refractivity contribution >= 4 is 24.1 Å². The number of aliphatic hydroxyl groups is 1. The summed E-state index contributed by atoms with van der Waals surface area (Å²) in [5.74, 6) is 1.02. The maximum atomic E-state index is 10.4. The largest absolute Gasteiger partial charge is 0.390 e. The molecule has 0 saturated heterocycles. The number of rotatable bonds is 7. The van der Waals surface area contributed by atoms with Gasteiger partial charge >= 0.3 is 0 Å². The minimum atomic E-state index is -0.234. The number of anilines is 2. The summed E-state index contributed by atoms with van der Waals surface area (Å²) in [5.41, 5.74) is 1.73. The van der Waals surface area contributed by atoms with Crippen molar-refractivity contribution in [1.82, 2.24) is 4.98 Å². The number of pyridine rings is 1. The Labute approximate surface area is 105 Å². The van der Waals surface area contributed by atoms with Crippen LogP contribution in [0.25, 0.3) is 0 Å². The number of aliphatic hydroxyl groups excluding tert-OH is 1. The van der Waals surface area contributed by atoms with Gasteiger partial charge < -0.3 is 21.1 Å². The molecular weight excluding hydrogens is 232 g/mol. The molecule has 6 nitrogen and oxygen atoms in total. The van der Waals surface area contributed by atoms with Gasteiger partial charge in [0.2, 0.25) is 6.41 Å². The maximum absolute atomic E-state index is 10.4. The van der Waals surface area contributed by atoms with E-state index < -0.39 is 0 Å². The molecule has 0 aliphatic heterocycles. The molecule has 6 heteroatoms. The lowest BCUT2D eigenvalue weighted by Crippen LogP contribution is -2.11. The van der Waals surface area contributed by atoms with Gasteiger partial charge in [-0.05, 0) is 24.8 Å². The second kappa shape index (κ2) is 5.59. The van der Waals surface area contributed by atoms with E-state index in [0.717, 1.165) is 6.54 Å². The molecule has 0 atom stereocenters. The Hall–Kier alpha value is -1.95. The van der Waals surface area contributed by atoms with Crippen LogP contribution >= 0.6 is 0 Å². The molecule has 96 valence electrons. The van der Waals surface area contributed by atoms with Gasteiger partial charge in [0.1, 0.15) is 5.82 Å². The van der Waals surface area contributed by atoms with Gasteiger partial charge in [0.05, 0.1) is 18.0 Å². The minimum absolute atomic E-state index is 0.234. The highest BCUT2D eigenvalue weighted by Crippen LogP contribution is 2.30. The third-order valence-electron chi connectivity index (χ3n) is 2.90. The van der Waals surface area contributed by atoms with Crippen molar-refractivity contribution in [2.45, 2.75) is 19.4 Å². The van der Waals surface area contributed by atoms with Crippen molar-refractivity contribution in [3.63, 3.8) is 0 Å². The average molecular weight is 248 g/mol. The molecule has 1 aliphatic carbocycles. The van der Waals surface area contributed by atoms with E-state index in [9.17, 15) is 9.90 Å². The van der Waals surface area contributed by atoms with E-state index in [-0.39, 0.29) is 6.61 Å². The lowest BCUT2D eigenvalue weighted by Gasteiger charge is -2.14. The molecule has 1 aromatic rings. The normalized spacial score (nSPS) is 14.1. The molecule has 1 aromatic heterocycles. The Bertz CT molecular complexity index is 458. The molecule has 0 radical (unpaired) electrons. The zero-order valence-electron chi connectivity index (χ0n) is 9.94. The monoisotopic (exact) mass is 248 g/mol. The van der Waals surface area contributed by atoms with E-state index in [1.165, 1.54) is 19.1 Å². The number of carbonyl (C=O) groups excluding carboxylic acids is 1. The molecule has 1 saturated carbocycles. The van der Waals surface area contributed by atoms with E-state index >= 15 is 0 Å². The molecule has 1 amide bonds. The summed E-state index contributed by atoms with van der Waals surface area (Å²) >= 11 is 0. The molecule has 0 aromatic carbocycles. The van der Waals surface area contributed by atoms with Gasteiger partial charge in [0, 0.05) is 18.3 Å². The highest BCUT2D eigenvalue weighted by molar-refractivity contribution is 5.89. The number of carbonyl (C=O) groups is 1. The van der Waals surface area contributed by atoms with Crippen LogP contribution in [0, 0.1) is 11.3 Å². The number of hydrogen-bond acceptors (Lipinski definition) is 5. The van der Waals surface area contributed by atoms with E-state index in [1.54, 1.807) is 6.07 Å². The van der Waals surface area contributed by atoms with Crippen LogP contribution < -0.4 is 10.6 Å². The Balaban J connectivity index is 2.27. The van der Waals surface area contributed by atoms with Gasteiger partial charge in [-0.2, -0.15) is 0 Å². The molecule has 0 bridgehead atoms. The predicted octanol–water partition coefficient (Wildman–Crippen LogP) is 0.962. The summed E-state index contributed by atoms with van der Waals surface area (Å²) in [6, 6.07) is 1.61. The van der Waals surface area contributed by atoms with Crippen LogP contribution in [0.1, 0.15) is 24.1 Å². The standard InChI is InChI=1S/C12H16N4O2/c13-4-9-3-11(15-7-18)16-10(6-17)12(9)14-5-8-1-2-8/h3-4,7-8,13-14,17H,1-2,5-6H2,(H,15,16,18). The SMILES string of the molecule is N=Cc1cc(NC=O)nc(CO)c1NCC1CC1. The van der Waals surface area contributed by atoms with E-state index in [2.05, 4.69) is 15.6 Å². The van der Waals surface area contributed by atoms with Crippen molar-refractivity contribution in [2.75, 3.05) is 17.2 Å². The first-order valence-corrected chi connectivity index (χ1v) is 5.87. The smallest absolute Gasteiger partial charge is 0.212 e. The van der Waals surface area contributed by atoms with Crippen molar-refractivity contribution in [2.24, 2.45) is 5.92 Å². The molecule has 0 unspecified atom stereocenters. The molecule has 1 heterocycles. The number of hydrogen-bond donors (Lipinski definition) is 4. The molecular formula is C12H16N4O2. The molecule has 4 N–H and O–H groups in total. The van der Waals surface area contributed by atoms with Crippen LogP contribution in [0.15, 0.2) is 6.07 Å². The Morgan fingerprint density at radius 2 is 2.33 bits per heavy atom. The molecule has 0 spiro atoms. The van der Waals surface area contributed by atoms with Crippen molar-refractivity contribution in [3.8, 4) is 0 Å². The second-order valence-corrected chi connectivity index (χ2v) is 4.31. The highest BCUT2D eigenvalue weighted by Gasteiger charge is 2.22. The number of amides is 1. The van der Waals surface area contributed by atoms with Crippen LogP contribution in [-0.2, 0) is 11.4 Å². The van der Waals surface area contributed by atoms with E-state index in [4.69, 9.17) is 5.41 Å². The fraction of sp³-hybridized carbons (Fsp3) is 0.417. The van der Waals surface area contributed by atoms with Crippen LogP contribution in [-0.4, -0.2) is 29.3 Å². The Morgan fingerprint density at radius 3 is 2.89 bits per heavy atom. The summed E-state index contributed by atoms with van der Waals surface area (Å²) in [6.45, 7) is 0.595. The first-order chi connectivity index (χ1) is 8.78. The molecule has 1 aliphatic rings. The summed E-state index contributed by atoms with van der Waals surface area (Å²) in [5, 5.41) is 22.4. The number of aromatic nitrogens is 1. The molecule has 1 fully saturated rings. The highest BCUT2D eigenvalue weighted by atomic mass is 16.3. The molecule has 2 rings (SSSR count). The van der Waals surface area contributed by atoms with Crippen LogP contribution in [0.5, 0.6) is 0 Å². The van der Waals surface area contributed by atoms with Crippen LogP contribution in [0.3, 0.4) is 0 Å². The number of nitrogens with one attached hydrogen (secondary N) is 3. The maximum Gasteiger partial charge on any atom is 0.212 e. The average Bonchev–Trinajstić information content (AvgIpc) is 3.20. The predicted molar refractivity (Wildman–Crippen MR) is 68.9 cm³/mol. The van der Waals surface area contributed by atoms with Crippen molar-refractivity contribution in [1.29, 1.82) is 5.41 Å². The first kappa shape index (κ1) is 12.5. The summed E-state index contributed by atoms with van der Waals surface area (Å²) in [6.07, 6.45) is 4.15. The Morgan fingerprint density at radius 1 is 1.56 bits per heavy atom. The third kappa shape index (κ3) is 2.84. The quantitative estimate of drug-likeness (QED) is 0.426. The van der Waals surface area contributed by atoms with E-state index in [0.29, 0.717) is 35.1 Å². The zero-order chi connectivity index (χ0) is 13.0. The summed E-state index contributed by atoms with van der Waals surface area (Å²) < 4.78 is 0. The Kier molecular flexibility index (Phi) is 3.88. The van der Waals surface area contributed by atoms with Gasteiger partial charge in [-0.15, -0.1) is 0 Å². The first-order valence-electron chi connectivity index (χ1n) is 5.87. The lowest BCUT2D eigenvalue weighted by molar-refractivity contribution is -0.105. The number of nitrogens with zero attached hydrogens (tertiary/aromatic N) is 1. The van der Waals surface area contributed by atoms with Gasteiger partial charge in [0.15, 0.2) is 0 Å².